The Labute approximate surface area is 159 Å². The lowest BCUT2D eigenvalue weighted by molar-refractivity contribution is 0.0692. The van der Waals surface area contributed by atoms with E-state index in [1.54, 1.807) is 0 Å². The van der Waals surface area contributed by atoms with Crippen molar-refractivity contribution in [1.29, 1.82) is 0 Å². The SMILES string of the molecule is CN(C)Cc1nnc(C2CCCN(C(=O)c3noc4c3CCCC4)C2)n1C. The Morgan fingerprint density at radius 2 is 2.04 bits per heavy atom. The summed E-state index contributed by atoms with van der Waals surface area (Å²) in [5, 5.41) is 12.9. The van der Waals surface area contributed by atoms with Gasteiger partial charge < -0.3 is 18.9 Å². The summed E-state index contributed by atoms with van der Waals surface area (Å²) in [6.45, 7) is 2.18. The van der Waals surface area contributed by atoms with E-state index in [0.717, 1.165) is 74.6 Å². The monoisotopic (exact) mass is 372 g/mol. The zero-order valence-electron chi connectivity index (χ0n) is 16.4. The first kappa shape index (κ1) is 18.2. The molecular weight excluding hydrogens is 344 g/mol. The van der Waals surface area contributed by atoms with E-state index >= 15 is 0 Å². The molecule has 1 atom stereocenters. The molecule has 0 bridgehead atoms. The number of carbonyl (C=O) groups is 1. The molecule has 1 fully saturated rings. The second kappa shape index (κ2) is 7.42. The van der Waals surface area contributed by atoms with Gasteiger partial charge in [0, 0.05) is 38.0 Å². The topological polar surface area (TPSA) is 80.3 Å². The van der Waals surface area contributed by atoms with Crippen LogP contribution < -0.4 is 0 Å². The number of hydrogen-bond donors (Lipinski definition) is 0. The van der Waals surface area contributed by atoms with Crippen LogP contribution in [0.25, 0.3) is 0 Å². The molecule has 1 aliphatic heterocycles. The molecule has 4 rings (SSSR count). The zero-order valence-corrected chi connectivity index (χ0v) is 16.4. The lowest BCUT2D eigenvalue weighted by Gasteiger charge is -2.32. The van der Waals surface area contributed by atoms with E-state index < -0.39 is 0 Å². The van der Waals surface area contributed by atoms with Gasteiger partial charge in [0.25, 0.3) is 5.91 Å². The summed E-state index contributed by atoms with van der Waals surface area (Å²) in [6.07, 6.45) is 5.99. The predicted octanol–water partition coefficient (Wildman–Crippen LogP) is 1.76. The molecule has 1 amide bonds. The van der Waals surface area contributed by atoms with Crippen molar-refractivity contribution in [2.45, 2.75) is 51.0 Å². The van der Waals surface area contributed by atoms with E-state index in [-0.39, 0.29) is 11.8 Å². The molecule has 0 radical (unpaired) electrons. The van der Waals surface area contributed by atoms with Crippen molar-refractivity contribution in [3.8, 4) is 0 Å². The molecule has 1 saturated heterocycles. The van der Waals surface area contributed by atoms with Crippen molar-refractivity contribution in [1.82, 2.24) is 29.7 Å². The molecule has 0 spiro atoms. The minimum absolute atomic E-state index is 0.00211. The van der Waals surface area contributed by atoms with E-state index in [1.807, 2.05) is 26.0 Å². The third-order valence-corrected chi connectivity index (χ3v) is 5.68. The van der Waals surface area contributed by atoms with Crippen molar-refractivity contribution < 1.29 is 9.32 Å². The van der Waals surface area contributed by atoms with E-state index in [4.69, 9.17) is 4.52 Å². The molecule has 146 valence electrons. The maximum Gasteiger partial charge on any atom is 0.276 e. The van der Waals surface area contributed by atoms with Crippen molar-refractivity contribution >= 4 is 5.91 Å². The number of amides is 1. The van der Waals surface area contributed by atoms with Crippen LogP contribution in [-0.4, -0.2) is 62.8 Å². The summed E-state index contributed by atoms with van der Waals surface area (Å²) >= 11 is 0. The van der Waals surface area contributed by atoms with Crippen LogP contribution in [-0.2, 0) is 26.4 Å². The number of aromatic nitrogens is 4. The fourth-order valence-electron chi connectivity index (χ4n) is 4.23. The number of carbonyl (C=O) groups excluding carboxylic acids is 1. The fourth-order valence-corrected chi connectivity index (χ4v) is 4.23. The minimum Gasteiger partial charge on any atom is -0.360 e. The molecule has 2 aliphatic rings. The van der Waals surface area contributed by atoms with Gasteiger partial charge in [0.1, 0.15) is 17.4 Å². The van der Waals surface area contributed by atoms with Crippen LogP contribution in [0.1, 0.15) is 65.1 Å². The van der Waals surface area contributed by atoms with Crippen LogP contribution >= 0.6 is 0 Å². The van der Waals surface area contributed by atoms with Crippen LogP contribution in [0.3, 0.4) is 0 Å². The normalized spacial score (nSPS) is 20.1. The Bertz CT molecular complexity index is 824. The molecular formula is C19H28N6O2. The van der Waals surface area contributed by atoms with Gasteiger partial charge in [-0.1, -0.05) is 5.16 Å². The molecule has 8 heteroatoms. The van der Waals surface area contributed by atoms with Gasteiger partial charge in [-0.05, 0) is 46.2 Å². The highest BCUT2D eigenvalue weighted by Gasteiger charge is 2.32. The highest BCUT2D eigenvalue weighted by Crippen LogP contribution is 2.29. The standard InChI is InChI=1S/C19H28N6O2/c1-23(2)12-16-20-21-18(24(16)3)13-7-6-10-25(11-13)19(26)17-14-8-4-5-9-15(14)27-22-17/h13H,4-12H2,1-3H3. The third kappa shape index (κ3) is 3.50. The maximum absolute atomic E-state index is 13.1. The molecule has 27 heavy (non-hydrogen) atoms. The highest BCUT2D eigenvalue weighted by molar-refractivity contribution is 5.94. The minimum atomic E-state index is 0.00211. The Morgan fingerprint density at radius 1 is 1.22 bits per heavy atom. The molecule has 1 unspecified atom stereocenters. The first-order valence-electron chi connectivity index (χ1n) is 9.84. The molecule has 8 nitrogen and oxygen atoms in total. The first-order chi connectivity index (χ1) is 13.0. The van der Waals surface area contributed by atoms with Gasteiger partial charge in [0.05, 0.1) is 6.54 Å². The number of rotatable bonds is 4. The molecule has 2 aromatic rings. The van der Waals surface area contributed by atoms with Gasteiger partial charge in [-0.25, -0.2) is 0 Å². The zero-order chi connectivity index (χ0) is 19.0. The average molecular weight is 372 g/mol. The van der Waals surface area contributed by atoms with Gasteiger partial charge in [-0.2, -0.15) is 0 Å². The smallest absolute Gasteiger partial charge is 0.276 e. The van der Waals surface area contributed by atoms with Crippen LogP contribution in [0.4, 0.5) is 0 Å². The van der Waals surface area contributed by atoms with Gasteiger partial charge in [0.2, 0.25) is 0 Å². The Kier molecular flexibility index (Phi) is 4.99. The molecule has 1 aliphatic carbocycles. The fraction of sp³-hybridized carbons (Fsp3) is 0.684. The number of fused-ring (bicyclic) bond motifs is 1. The largest absolute Gasteiger partial charge is 0.360 e. The quantitative estimate of drug-likeness (QED) is 0.814. The van der Waals surface area contributed by atoms with Crippen LogP contribution in [0, 0.1) is 0 Å². The van der Waals surface area contributed by atoms with E-state index in [2.05, 4.69) is 24.8 Å². The van der Waals surface area contributed by atoms with E-state index in [1.165, 1.54) is 0 Å². The highest BCUT2D eigenvalue weighted by atomic mass is 16.5. The Morgan fingerprint density at radius 3 is 2.85 bits per heavy atom. The van der Waals surface area contributed by atoms with E-state index in [0.29, 0.717) is 12.2 Å². The van der Waals surface area contributed by atoms with Crippen molar-refractivity contribution in [2.24, 2.45) is 7.05 Å². The summed E-state index contributed by atoms with van der Waals surface area (Å²) in [4.78, 5) is 17.1. The molecule has 0 saturated carbocycles. The van der Waals surface area contributed by atoms with Crippen LogP contribution in [0.15, 0.2) is 4.52 Å². The summed E-state index contributed by atoms with van der Waals surface area (Å²) in [5.74, 6) is 3.02. The lowest BCUT2D eigenvalue weighted by atomic mass is 9.94. The lowest BCUT2D eigenvalue weighted by Crippen LogP contribution is -2.40. The van der Waals surface area contributed by atoms with Crippen molar-refractivity contribution in [2.75, 3.05) is 27.2 Å². The predicted molar refractivity (Wildman–Crippen MR) is 99.4 cm³/mol. The van der Waals surface area contributed by atoms with E-state index in [9.17, 15) is 4.79 Å². The number of hydrogen-bond acceptors (Lipinski definition) is 6. The third-order valence-electron chi connectivity index (χ3n) is 5.68. The summed E-state index contributed by atoms with van der Waals surface area (Å²) in [7, 11) is 6.06. The van der Waals surface area contributed by atoms with Crippen molar-refractivity contribution in [3.63, 3.8) is 0 Å². The Balaban J connectivity index is 1.51. The molecule has 0 aromatic carbocycles. The van der Waals surface area contributed by atoms with Gasteiger partial charge in [-0.15, -0.1) is 10.2 Å². The van der Waals surface area contributed by atoms with Crippen LogP contribution in [0.2, 0.25) is 0 Å². The van der Waals surface area contributed by atoms with Gasteiger partial charge in [-0.3, -0.25) is 4.79 Å². The Hall–Kier alpha value is -2.22. The number of aryl methyl sites for hydroxylation is 1. The summed E-state index contributed by atoms with van der Waals surface area (Å²) < 4.78 is 7.52. The number of piperidine rings is 1. The van der Waals surface area contributed by atoms with Crippen LogP contribution in [0.5, 0.6) is 0 Å². The summed E-state index contributed by atoms with van der Waals surface area (Å²) in [5.41, 5.74) is 1.55. The van der Waals surface area contributed by atoms with Crippen molar-refractivity contribution in [3.05, 3.63) is 28.7 Å². The first-order valence-corrected chi connectivity index (χ1v) is 9.84. The molecule has 3 heterocycles. The summed E-state index contributed by atoms with van der Waals surface area (Å²) in [6, 6.07) is 0. The maximum atomic E-state index is 13.1. The second-order valence-electron chi connectivity index (χ2n) is 8.00. The van der Waals surface area contributed by atoms with Gasteiger partial charge in [0.15, 0.2) is 5.69 Å². The van der Waals surface area contributed by atoms with Gasteiger partial charge >= 0.3 is 0 Å². The molecule has 0 N–H and O–H groups in total. The molecule has 2 aromatic heterocycles. The second-order valence-corrected chi connectivity index (χ2v) is 8.00. The average Bonchev–Trinajstić information content (AvgIpc) is 3.25. The number of nitrogens with zero attached hydrogens (tertiary/aromatic N) is 6. The number of likely N-dealkylation sites (tertiary alicyclic amines) is 1.